The minimum atomic E-state index is -0.0975. The highest BCUT2D eigenvalue weighted by Crippen LogP contribution is 2.37. The molecule has 0 saturated heterocycles. The maximum absolute atomic E-state index is 13.3. The average molecular weight is 762 g/mol. The monoisotopic (exact) mass is 762 g/mol. The summed E-state index contributed by atoms with van der Waals surface area (Å²) in [7, 11) is 4.23. The number of allylic oxidation sites excluding steroid dienone is 4. The fourth-order valence-corrected chi connectivity index (χ4v) is 7.83. The number of carbonyl (C=O) groups is 3. The van der Waals surface area contributed by atoms with Gasteiger partial charge < -0.3 is 19.1 Å². The van der Waals surface area contributed by atoms with Crippen molar-refractivity contribution in [3.05, 3.63) is 24.3 Å². The summed E-state index contributed by atoms with van der Waals surface area (Å²) in [5, 5.41) is 0. The van der Waals surface area contributed by atoms with Crippen molar-refractivity contribution in [1.82, 2.24) is 4.90 Å². The van der Waals surface area contributed by atoms with Gasteiger partial charge in [0.05, 0.1) is 19.6 Å². The van der Waals surface area contributed by atoms with Gasteiger partial charge >= 0.3 is 17.9 Å². The van der Waals surface area contributed by atoms with E-state index >= 15 is 0 Å². The SMILES string of the molecule is CCOC(=O)CCCC/C=C\CCCCCCCCC(CCCCCCCC/C=C\CCCCC(=O)OCC)OC(=O)CC(C)(C)CC(C)(C)CN(C)C. The molecule has 0 rings (SSSR count). The average Bonchev–Trinajstić information content (AvgIpc) is 3.07. The number of hydrogen-bond acceptors (Lipinski definition) is 7. The maximum atomic E-state index is 13.3. The standard InChI is InChI=1S/C47H87NO6/c1-9-52-43(49)37-33-29-25-21-17-13-11-15-19-23-27-31-35-42(54-45(51)39-46(3,4)40-47(5,6)41-48(7)8)36-32-28-24-20-16-12-14-18-22-26-30-34-38-44(50)53-10-2/h17-18,21-22,42H,9-16,19-20,23-41H2,1-8H3/b21-17-,22-18-. The Morgan fingerprint density at radius 3 is 1.28 bits per heavy atom. The van der Waals surface area contributed by atoms with Gasteiger partial charge in [0.25, 0.3) is 0 Å². The Morgan fingerprint density at radius 2 is 0.889 bits per heavy atom. The van der Waals surface area contributed by atoms with Crippen LogP contribution < -0.4 is 0 Å². The predicted molar refractivity (Wildman–Crippen MR) is 228 cm³/mol. The molecule has 0 aromatic heterocycles. The first-order valence-electron chi connectivity index (χ1n) is 22.3. The Labute approximate surface area is 334 Å². The van der Waals surface area contributed by atoms with E-state index in [0.717, 1.165) is 90.0 Å². The molecule has 7 nitrogen and oxygen atoms in total. The zero-order valence-electron chi connectivity index (χ0n) is 36.8. The second-order valence-corrected chi connectivity index (χ2v) is 17.5. The number of rotatable bonds is 37. The fourth-order valence-electron chi connectivity index (χ4n) is 7.83. The summed E-state index contributed by atoms with van der Waals surface area (Å²) < 4.78 is 16.2. The molecule has 0 heterocycles. The Balaban J connectivity index is 4.45. The Morgan fingerprint density at radius 1 is 0.519 bits per heavy atom. The lowest BCUT2D eigenvalue weighted by atomic mass is 9.73. The molecule has 7 heteroatoms. The predicted octanol–water partition coefficient (Wildman–Crippen LogP) is 12.9. The molecule has 0 atom stereocenters. The Kier molecular flexibility index (Phi) is 32.8. The molecule has 0 N–H and O–H groups in total. The summed E-state index contributed by atoms with van der Waals surface area (Å²) in [5.41, 5.74) is 0.0396. The summed E-state index contributed by atoms with van der Waals surface area (Å²) >= 11 is 0. The summed E-state index contributed by atoms with van der Waals surface area (Å²) in [6, 6.07) is 0. The zero-order chi connectivity index (χ0) is 40.3. The number of carbonyl (C=O) groups excluding carboxylic acids is 3. The Bertz CT molecular complexity index is 933. The maximum Gasteiger partial charge on any atom is 0.306 e. The molecule has 0 aliphatic rings. The van der Waals surface area contributed by atoms with Crippen LogP contribution in [0.15, 0.2) is 24.3 Å². The van der Waals surface area contributed by atoms with Gasteiger partial charge in [-0.1, -0.05) is 103 Å². The lowest BCUT2D eigenvalue weighted by Gasteiger charge is -2.36. The lowest BCUT2D eigenvalue weighted by Crippen LogP contribution is -2.34. The molecule has 0 aromatic carbocycles. The Hall–Kier alpha value is -2.15. The van der Waals surface area contributed by atoms with E-state index < -0.39 is 0 Å². The van der Waals surface area contributed by atoms with E-state index in [4.69, 9.17) is 14.2 Å². The van der Waals surface area contributed by atoms with Crippen molar-refractivity contribution < 1.29 is 28.6 Å². The molecule has 0 spiro atoms. The molecular weight excluding hydrogens is 675 g/mol. The fraction of sp³-hybridized carbons (Fsp3) is 0.851. The molecule has 0 unspecified atom stereocenters. The normalized spacial score (nSPS) is 12.4. The van der Waals surface area contributed by atoms with Crippen molar-refractivity contribution in [2.75, 3.05) is 33.9 Å². The van der Waals surface area contributed by atoms with Crippen molar-refractivity contribution in [2.24, 2.45) is 10.8 Å². The number of unbranched alkanes of at least 4 members (excludes halogenated alkanes) is 16. The second-order valence-electron chi connectivity index (χ2n) is 17.5. The minimum Gasteiger partial charge on any atom is -0.466 e. The highest BCUT2D eigenvalue weighted by atomic mass is 16.5. The van der Waals surface area contributed by atoms with Crippen LogP contribution in [0.3, 0.4) is 0 Å². The second kappa shape index (κ2) is 34.1. The van der Waals surface area contributed by atoms with Crippen molar-refractivity contribution in [1.29, 1.82) is 0 Å². The molecule has 0 saturated carbocycles. The van der Waals surface area contributed by atoms with Crippen LogP contribution in [0.1, 0.15) is 208 Å². The highest BCUT2D eigenvalue weighted by molar-refractivity contribution is 5.70. The third kappa shape index (κ3) is 35.5. The van der Waals surface area contributed by atoms with Gasteiger partial charge in [0.2, 0.25) is 0 Å². The molecule has 0 aliphatic carbocycles. The van der Waals surface area contributed by atoms with Crippen molar-refractivity contribution in [3.8, 4) is 0 Å². The number of nitrogens with zero attached hydrogens (tertiary/aromatic N) is 1. The van der Waals surface area contributed by atoms with Gasteiger partial charge in [0, 0.05) is 19.4 Å². The van der Waals surface area contributed by atoms with Crippen LogP contribution in [-0.2, 0) is 28.6 Å². The molecule has 0 aliphatic heterocycles. The lowest BCUT2D eigenvalue weighted by molar-refractivity contribution is -0.153. The molecule has 0 bridgehead atoms. The minimum absolute atomic E-state index is 0.0234. The topological polar surface area (TPSA) is 82.1 Å². The molecule has 316 valence electrons. The third-order valence-electron chi connectivity index (χ3n) is 9.86. The summed E-state index contributed by atoms with van der Waals surface area (Å²) in [6.07, 6.45) is 36.6. The number of hydrogen-bond donors (Lipinski definition) is 0. The number of ether oxygens (including phenoxy) is 3. The van der Waals surface area contributed by atoms with Crippen LogP contribution in [0.4, 0.5) is 0 Å². The molecule has 0 amide bonds. The van der Waals surface area contributed by atoms with Gasteiger partial charge in [-0.15, -0.1) is 0 Å². The first kappa shape index (κ1) is 51.9. The summed E-state index contributed by atoms with van der Waals surface area (Å²) in [4.78, 5) is 38.3. The summed E-state index contributed by atoms with van der Waals surface area (Å²) in [5.74, 6) is -0.183. The van der Waals surface area contributed by atoms with Gasteiger partial charge in [0.1, 0.15) is 6.10 Å². The van der Waals surface area contributed by atoms with Crippen LogP contribution in [-0.4, -0.2) is 62.8 Å². The van der Waals surface area contributed by atoms with Crippen LogP contribution in [0.2, 0.25) is 0 Å². The van der Waals surface area contributed by atoms with Gasteiger partial charge in [0.15, 0.2) is 0 Å². The van der Waals surface area contributed by atoms with E-state index in [-0.39, 0.29) is 34.8 Å². The van der Waals surface area contributed by atoms with E-state index in [1.54, 1.807) is 0 Å². The first-order chi connectivity index (χ1) is 25.8. The molecule has 54 heavy (non-hydrogen) atoms. The van der Waals surface area contributed by atoms with Gasteiger partial charge in [-0.3, -0.25) is 14.4 Å². The largest absolute Gasteiger partial charge is 0.466 e. The van der Waals surface area contributed by atoms with E-state index in [2.05, 4.69) is 71.0 Å². The van der Waals surface area contributed by atoms with Gasteiger partial charge in [-0.05, 0) is 135 Å². The van der Waals surface area contributed by atoms with Crippen molar-refractivity contribution >= 4 is 17.9 Å². The third-order valence-corrected chi connectivity index (χ3v) is 9.86. The number of esters is 3. The van der Waals surface area contributed by atoms with E-state index in [1.165, 1.54) is 64.2 Å². The van der Waals surface area contributed by atoms with Gasteiger partial charge in [-0.2, -0.15) is 0 Å². The van der Waals surface area contributed by atoms with Crippen LogP contribution >= 0.6 is 0 Å². The zero-order valence-corrected chi connectivity index (χ0v) is 36.8. The molecule has 0 aromatic rings. The van der Waals surface area contributed by atoms with Crippen molar-refractivity contribution in [3.63, 3.8) is 0 Å². The molecule has 0 radical (unpaired) electrons. The van der Waals surface area contributed by atoms with Crippen molar-refractivity contribution in [2.45, 2.75) is 215 Å². The molecular formula is C47H87NO6. The highest BCUT2D eigenvalue weighted by Gasteiger charge is 2.32. The van der Waals surface area contributed by atoms with Crippen LogP contribution in [0.25, 0.3) is 0 Å². The quantitative estimate of drug-likeness (QED) is 0.0270. The van der Waals surface area contributed by atoms with Crippen LogP contribution in [0.5, 0.6) is 0 Å². The van der Waals surface area contributed by atoms with E-state index in [1.807, 2.05) is 13.8 Å². The van der Waals surface area contributed by atoms with Crippen LogP contribution in [0, 0.1) is 10.8 Å². The smallest absolute Gasteiger partial charge is 0.306 e. The molecule has 0 fully saturated rings. The van der Waals surface area contributed by atoms with Gasteiger partial charge in [-0.25, -0.2) is 0 Å². The van der Waals surface area contributed by atoms with E-state index in [0.29, 0.717) is 32.5 Å². The first-order valence-corrected chi connectivity index (χ1v) is 22.3. The van der Waals surface area contributed by atoms with E-state index in [9.17, 15) is 14.4 Å². The summed E-state index contributed by atoms with van der Waals surface area (Å²) in [6.45, 7) is 14.7.